The van der Waals surface area contributed by atoms with E-state index in [2.05, 4.69) is 0 Å². The highest BCUT2D eigenvalue weighted by Gasteiger charge is 2.16. The summed E-state index contributed by atoms with van der Waals surface area (Å²) < 4.78 is 156. The molecule has 2 heterocycles. The smallest absolute Gasteiger partial charge is 0.0645 e. The molecule has 2 aromatic heterocycles. The molecule has 0 amide bonds. The van der Waals surface area contributed by atoms with Gasteiger partial charge in [-0.05, 0) is 82.8 Å². The van der Waals surface area contributed by atoms with E-state index in [-0.39, 0.29) is 62.7 Å². The van der Waals surface area contributed by atoms with E-state index in [0.29, 0.717) is 38.7 Å². The summed E-state index contributed by atoms with van der Waals surface area (Å²) in [5, 5.41) is 0.983. The molecule has 0 bridgehead atoms. The molecule has 2 nitrogen and oxygen atoms in total. The minimum atomic E-state index is -0.624. The second-order valence-electron chi connectivity index (χ2n) is 10.1. The number of hydrogen-bond acceptors (Lipinski definition) is 0. The van der Waals surface area contributed by atoms with E-state index in [1.54, 1.807) is 65.2 Å². The molecular weight excluding hydrogens is 532 g/mol. The summed E-state index contributed by atoms with van der Waals surface area (Å²) in [6.07, 6.45) is 0. The van der Waals surface area contributed by atoms with E-state index in [1.807, 2.05) is 0 Å². The molecule has 0 saturated heterocycles. The van der Waals surface area contributed by atoms with Crippen LogP contribution >= 0.6 is 0 Å². The maximum atomic E-state index is 9.01. The molecule has 44 heavy (non-hydrogen) atoms. The maximum absolute atomic E-state index is 9.01. The van der Waals surface area contributed by atoms with Gasteiger partial charge in [-0.1, -0.05) is 109 Å². The predicted molar refractivity (Wildman–Crippen MR) is 186 cm³/mol. The zero-order valence-electron chi connectivity index (χ0n) is 40.7. The van der Waals surface area contributed by atoms with Crippen LogP contribution in [-0.2, 0) is 0 Å². The highest BCUT2D eigenvalue weighted by atomic mass is 15.0. The summed E-state index contributed by atoms with van der Waals surface area (Å²) in [5.41, 5.74) is 2.37. The first-order valence-electron chi connectivity index (χ1n) is 22.6. The number of benzene rings is 7. The molecule has 0 unspecified atom stereocenters. The minimum absolute atomic E-state index is 0.000283. The Labute approximate surface area is 281 Å². The van der Waals surface area contributed by atoms with E-state index in [9.17, 15) is 0 Å². The molecule has 9 aromatic rings. The van der Waals surface area contributed by atoms with Gasteiger partial charge in [0.1, 0.15) is 0 Å². The van der Waals surface area contributed by atoms with Crippen LogP contribution in [0.1, 0.15) is 24.7 Å². The van der Waals surface area contributed by atoms with Crippen molar-refractivity contribution in [1.29, 1.82) is 0 Å². The van der Waals surface area contributed by atoms with Crippen molar-refractivity contribution in [2.75, 3.05) is 0 Å². The van der Waals surface area contributed by atoms with Gasteiger partial charge in [0.2, 0.25) is 0 Å². The van der Waals surface area contributed by atoms with Crippen molar-refractivity contribution in [3.63, 3.8) is 0 Å². The number of nitrogens with zero attached hydrogens (tertiary/aromatic N) is 2. The molecule has 2 heteroatoms. The summed E-state index contributed by atoms with van der Waals surface area (Å²) in [6, 6.07) is 7.79. The quantitative estimate of drug-likeness (QED) is 0.197. The maximum Gasteiger partial charge on any atom is 0.0645 e. The minimum Gasteiger partial charge on any atom is -0.309 e. The normalized spacial score (nSPS) is 17.4. The van der Waals surface area contributed by atoms with Gasteiger partial charge in [-0.2, -0.15) is 0 Å². The van der Waals surface area contributed by atoms with Crippen molar-refractivity contribution in [3.05, 3.63) is 169 Å². The Morgan fingerprint density at radius 3 is 1.34 bits per heavy atom. The lowest BCUT2D eigenvalue weighted by Crippen LogP contribution is -1.93. The molecule has 7 aromatic carbocycles. The molecule has 0 aliphatic rings. The van der Waals surface area contributed by atoms with Gasteiger partial charge in [-0.15, -0.1) is 0 Å². The third kappa shape index (κ3) is 3.82. The van der Waals surface area contributed by atoms with Gasteiger partial charge in [0.25, 0.3) is 0 Å². The van der Waals surface area contributed by atoms with Crippen LogP contribution in [0, 0.1) is 0 Å². The Morgan fingerprint density at radius 1 is 0.318 bits per heavy atom. The summed E-state index contributed by atoms with van der Waals surface area (Å²) in [4.78, 5) is 0. The Hall–Kier alpha value is -5.86. The van der Waals surface area contributed by atoms with E-state index in [0.717, 1.165) is 0 Å². The number of rotatable bonds is 4. The van der Waals surface area contributed by atoms with Crippen LogP contribution in [0.15, 0.2) is 169 Å². The van der Waals surface area contributed by atoms with Gasteiger partial charge in [-0.25, -0.2) is 0 Å². The lowest BCUT2D eigenvalue weighted by atomic mass is 10.0. The second-order valence-corrected chi connectivity index (χ2v) is 10.1. The fourth-order valence-corrected chi connectivity index (χ4v) is 5.83. The van der Waals surface area contributed by atoms with Crippen LogP contribution in [-0.4, -0.2) is 9.13 Å². The first-order valence-corrected chi connectivity index (χ1v) is 13.6. The summed E-state index contributed by atoms with van der Waals surface area (Å²) in [7, 11) is 0. The Bertz CT molecular complexity index is 3440. The van der Waals surface area contributed by atoms with E-state index >= 15 is 0 Å². The zero-order chi connectivity index (χ0) is 44.7. The van der Waals surface area contributed by atoms with Crippen LogP contribution in [0.2, 0.25) is 0 Å². The molecule has 0 aliphatic heterocycles. The standard InChI is InChI=1S/C42H28N2/c1-3-11-29(12-4-1)30-19-23-34(24-20-30)44-40-18-10-8-16-36(40)38-28-32(22-26-42(38)44)31-21-25-41-37(27-31)35-15-7-9-17-39(35)43(41)33-13-5-2-6-14-33/h1-28H/i1D,2D,3D,4D,5D,6D,7D,8D,9D,10D,11D,12D,13D,14D,15D,16D,17D,18D. The third-order valence-corrected chi connectivity index (χ3v) is 7.75. The molecule has 0 radical (unpaired) electrons. The average Bonchev–Trinajstić information content (AvgIpc) is 3.79. The molecule has 206 valence electrons. The van der Waals surface area contributed by atoms with Crippen LogP contribution in [0.5, 0.6) is 0 Å². The van der Waals surface area contributed by atoms with Crippen molar-refractivity contribution < 1.29 is 24.7 Å². The number of fused-ring (bicyclic) bond motifs is 6. The highest BCUT2D eigenvalue weighted by Crippen LogP contribution is 2.38. The van der Waals surface area contributed by atoms with Crippen LogP contribution in [0.4, 0.5) is 0 Å². The SMILES string of the molecule is [2H]c1c([2H])c([2H])c(-c2ccc(-n3c4ccc(-c5ccc6c(c5)c5c([2H])c([2H])c([2H])c([2H])c5n6-c5c([2H])c([2H])c([2H])c([2H])c5[2H])cc4c4c([2H])c([2H])c([2H])c([2H])c43)cc2)c([2H])c1[2H]. The monoisotopic (exact) mass is 578 g/mol. The largest absolute Gasteiger partial charge is 0.309 e. The molecule has 9 rings (SSSR count). The number of hydrogen-bond donors (Lipinski definition) is 0. The summed E-state index contributed by atoms with van der Waals surface area (Å²) in [5.74, 6) is 0. The van der Waals surface area contributed by atoms with Gasteiger partial charge >= 0.3 is 0 Å². The van der Waals surface area contributed by atoms with Gasteiger partial charge < -0.3 is 9.13 Å². The highest BCUT2D eigenvalue weighted by molar-refractivity contribution is 6.12. The van der Waals surface area contributed by atoms with Crippen molar-refractivity contribution in [2.45, 2.75) is 0 Å². The molecule has 0 spiro atoms. The summed E-state index contributed by atoms with van der Waals surface area (Å²) >= 11 is 0. The Kier molecular flexibility index (Phi) is 2.87. The molecule has 0 atom stereocenters. The molecule has 0 aliphatic carbocycles. The Balaban J connectivity index is 1.30. The lowest BCUT2D eigenvalue weighted by molar-refractivity contribution is 1.18. The van der Waals surface area contributed by atoms with Crippen molar-refractivity contribution in [3.8, 4) is 33.6 Å². The fourth-order valence-electron chi connectivity index (χ4n) is 5.83. The van der Waals surface area contributed by atoms with E-state index < -0.39 is 84.6 Å². The number of para-hydroxylation sites is 3. The second kappa shape index (κ2) is 9.86. The summed E-state index contributed by atoms with van der Waals surface area (Å²) in [6.45, 7) is 0. The Morgan fingerprint density at radius 2 is 0.773 bits per heavy atom. The van der Waals surface area contributed by atoms with Crippen LogP contribution in [0.3, 0.4) is 0 Å². The van der Waals surface area contributed by atoms with Gasteiger partial charge in [0.05, 0.1) is 46.7 Å². The molecule has 0 saturated carbocycles. The molecular formula is C42H28N2. The molecule has 0 N–H and O–H groups in total. The van der Waals surface area contributed by atoms with Gasteiger partial charge in [0.15, 0.2) is 0 Å². The van der Waals surface area contributed by atoms with Crippen molar-refractivity contribution in [1.82, 2.24) is 9.13 Å². The lowest BCUT2D eigenvalue weighted by Gasteiger charge is -2.10. The first kappa shape index (κ1) is 12.8. The van der Waals surface area contributed by atoms with Gasteiger partial charge in [-0.3, -0.25) is 0 Å². The van der Waals surface area contributed by atoms with Crippen molar-refractivity contribution in [2.24, 2.45) is 0 Å². The molecule has 0 fully saturated rings. The average molecular weight is 579 g/mol. The zero-order valence-corrected chi connectivity index (χ0v) is 22.7. The fraction of sp³-hybridized carbons (Fsp3) is 0. The number of aromatic nitrogens is 2. The third-order valence-electron chi connectivity index (χ3n) is 7.75. The van der Waals surface area contributed by atoms with Crippen LogP contribution in [0.25, 0.3) is 77.2 Å². The predicted octanol–water partition coefficient (Wildman–Crippen LogP) is 11.2. The van der Waals surface area contributed by atoms with E-state index in [4.69, 9.17) is 24.7 Å². The van der Waals surface area contributed by atoms with Gasteiger partial charge in [0, 0.05) is 32.9 Å². The van der Waals surface area contributed by atoms with E-state index in [1.165, 1.54) is 4.57 Å². The van der Waals surface area contributed by atoms with Crippen molar-refractivity contribution >= 4 is 43.6 Å². The van der Waals surface area contributed by atoms with Crippen LogP contribution < -0.4 is 0 Å². The first-order chi connectivity index (χ1) is 29.3. The topological polar surface area (TPSA) is 9.86 Å².